The lowest BCUT2D eigenvalue weighted by molar-refractivity contribution is 0.0953. The molecule has 0 bridgehead atoms. The molecule has 4 rings (SSSR count). The van der Waals surface area contributed by atoms with Crippen LogP contribution in [0.3, 0.4) is 0 Å². The predicted octanol–water partition coefficient (Wildman–Crippen LogP) is 5.22. The number of hydrogen-bond acceptors (Lipinski definition) is 4. The topological polar surface area (TPSA) is 75.4 Å². The smallest absolute Gasteiger partial charge is 0.252 e. The van der Waals surface area contributed by atoms with E-state index in [1.807, 2.05) is 12.1 Å². The number of benzene rings is 3. The summed E-state index contributed by atoms with van der Waals surface area (Å²) in [5.41, 5.74) is 2.39. The zero-order valence-corrected chi connectivity index (χ0v) is 16.7. The van der Waals surface area contributed by atoms with Crippen molar-refractivity contribution < 1.29 is 18.7 Å². The SMILES string of the molecule is O=C(NCCCc1ccc(O)cc1)c1ccccc1-c1ncc(-c2ccccc2F)o1. The predicted molar refractivity (Wildman–Crippen MR) is 116 cm³/mol. The van der Waals surface area contributed by atoms with Gasteiger partial charge in [0.15, 0.2) is 5.76 Å². The van der Waals surface area contributed by atoms with Gasteiger partial charge in [-0.15, -0.1) is 0 Å². The van der Waals surface area contributed by atoms with Crippen LogP contribution >= 0.6 is 0 Å². The highest BCUT2D eigenvalue weighted by Crippen LogP contribution is 2.29. The summed E-state index contributed by atoms with van der Waals surface area (Å²) in [7, 11) is 0. The third-order valence-corrected chi connectivity index (χ3v) is 4.91. The van der Waals surface area contributed by atoms with E-state index >= 15 is 0 Å². The van der Waals surface area contributed by atoms with Gasteiger partial charge in [0.1, 0.15) is 11.6 Å². The molecule has 5 nitrogen and oxygen atoms in total. The molecule has 156 valence electrons. The molecule has 0 aliphatic rings. The Morgan fingerprint density at radius 3 is 2.45 bits per heavy atom. The van der Waals surface area contributed by atoms with E-state index < -0.39 is 5.82 Å². The summed E-state index contributed by atoms with van der Waals surface area (Å²) in [4.78, 5) is 17.0. The Kier molecular flexibility index (Phi) is 6.08. The Hall–Kier alpha value is -3.93. The summed E-state index contributed by atoms with van der Waals surface area (Å²) >= 11 is 0. The summed E-state index contributed by atoms with van der Waals surface area (Å²) in [6.07, 6.45) is 3.00. The summed E-state index contributed by atoms with van der Waals surface area (Å²) < 4.78 is 19.8. The number of aromatic hydroxyl groups is 1. The summed E-state index contributed by atoms with van der Waals surface area (Å²) in [6.45, 7) is 0.500. The van der Waals surface area contributed by atoms with Gasteiger partial charge < -0.3 is 14.8 Å². The standard InChI is InChI=1S/C25H21FN2O3/c26-22-10-4-3-9-21(22)23-16-28-25(31-23)20-8-2-1-7-19(20)24(30)27-15-5-6-17-11-13-18(29)14-12-17/h1-4,7-14,16,29H,5-6,15H2,(H,27,30). The fourth-order valence-corrected chi connectivity index (χ4v) is 3.30. The lowest BCUT2D eigenvalue weighted by Gasteiger charge is -2.08. The molecular weight excluding hydrogens is 395 g/mol. The highest BCUT2D eigenvalue weighted by molar-refractivity contribution is 6.00. The van der Waals surface area contributed by atoms with Gasteiger partial charge in [-0.1, -0.05) is 36.4 Å². The molecule has 31 heavy (non-hydrogen) atoms. The average Bonchev–Trinajstić information content (AvgIpc) is 3.28. The minimum atomic E-state index is -0.398. The number of phenols is 1. The van der Waals surface area contributed by atoms with Crippen LogP contribution in [0.15, 0.2) is 83.4 Å². The Bertz CT molecular complexity index is 1190. The van der Waals surface area contributed by atoms with Crippen LogP contribution in [0.5, 0.6) is 5.75 Å². The van der Waals surface area contributed by atoms with Gasteiger partial charge in [-0.25, -0.2) is 9.37 Å². The fraction of sp³-hybridized carbons (Fsp3) is 0.120. The molecule has 1 heterocycles. The second-order valence-corrected chi connectivity index (χ2v) is 7.08. The highest BCUT2D eigenvalue weighted by Gasteiger charge is 2.17. The number of amides is 1. The van der Waals surface area contributed by atoms with Gasteiger partial charge in [0, 0.05) is 12.1 Å². The maximum Gasteiger partial charge on any atom is 0.252 e. The second-order valence-electron chi connectivity index (χ2n) is 7.08. The number of phenolic OH excluding ortho intramolecular Hbond substituents is 1. The van der Waals surface area contributed by atoms with Gasteiger partial charge in [0.25, 0.3) is 5.91 Å². The molecule has 1 aromatic heterocycles. The number of halogens is 1. The first-order valence-electron chi connectivity index (χ1n) is 9.98. The Morgan fingerprint density at radius 2 is 1.68 bits per heavy atom. The van der Waals surface area contributed by atoms with Crippen LogP contribution in [0.4, 0.5) is 4.39 Å². The van der Waals surface area contributed by atoms with Crippen molar-refractivity contribution in [3.8, 4) is 28.5 Å². The Balaban J connectivity index is 1.44. The van der Waals surface area contributed by atoms with Crippen molar-refractivity contribution in [3.63, 3.8) is 0 Å². The van der Waals surface area contributed by atoms with Crippen molar-refractivity contribution in [2.75, 3.05) is 6.54 Å². The van der Waals surface area contributed by atoms with Crippen LogP contribution in [0.25, 0.3) is 22.8 Å². The van der Waals surface area contributed by atoms with Crippen molar-refractivity contribution >= 4 is 5.91 Å². The Morgan fingerprint density at radius 1 is 0.968 bits per heavy atom. The third-order valence-electron chi connectivity index (χ3n) is 4.91. The number of hydrogen-bond donors (Lipinski definition) is 2. The molecule has 0 saturated heterocycles. The van der Waals surface area contributed by atoms with Gasteiger partial charge >= 0.3 is 0 Å². The van der Waals surface area contributed by atoms with Crippen LogP contribution < -0.4 is 5.32 Å². The van der Waals surface area contributed by atoms with Crippen molar-refractivity contribution in [3.05, 3.63) is 95.9 Å². The van der Waals surface area contributed by atoms with E-state index in [9.17, 15) is 14.3 Å². The fourth-order valence-electron chi connectivity index (χ4n) is 3.30. The largest absolute Gasteiger partial charge is 0.508 e. The van der Waals surface area contributed by atoms with E-state index in [4.69, 9.17) is 4.42 Å². The molecule has 0 saturated carbocycles. The van der Waals surface area contributed by atoms with Crippen LogP contribution in [-0.4, -0.2) is 22.5 Å². The molecule has 0 spiro atoms. The van der Waals surface area contributed by atoms with Crippen LogP contribution in [-0.2, 0) is 6.42 Å². The highest BCUT2D eigenvalue weighted by atomic mass is 19.1. The van der Waals surface area contributed by atoms with Crippen LogP contribution in [0.1, 0.15) is 22.3 Å². The third kappa shape index (κ3) is 4.80. The molecule has 2 N–H and O–H groups in total. The molecule has 0 radical (unpaired) electrons. The second kappa shape index (κ2) is 9.26. The summed E-state index contributed by atoms with van der Waals surface area (Å²) in [5, 5.41) is 12.3. The van der Waals surface area contributed by atoms with E-state index in [1.54, 1.807) is 54.6 Å². The van der Waals surface area contributed by atoms with E-state index in [1.165, 1.54) is 12.3 Å². The lowest BCUT2D eigenvalue weighted by atomic mass is 10.1. The number of carbonyl (C=O) groups is 1. The van der Waals surface area contributed by atoms with E-state index in [0.29, 0.717) is 29.0 Å². The Labute approximate surface area is 179 Å². The monoisotopic (exact) mass is 416 g/mol. The first-order chi connectivity index (χ1) is 15.1. The van der Waals surface area contributed by atoms with Crippen molar-refractivity contribution in [1.82, 2.24) is 10.3 Å². The quantitative estimate of drug-likeness (QED) is 0.405. The van der Waals surface area contributed by atoms with Crippen molar-refractivity contribution in [2.24, 2.45) is 0 Å². The molecule has 0 unspecified atom stereocenters. The van der Waals surface area contributed by atoms with Gasteiger partial charge in [-0.3, -0.25) is 4.79 Å². The van der Waals surface area contributed by atoms with Crippen LogP contribution in [0, 0.1) is 5.82 Å². The van der Waals surface area contributed by atoms with E-state index in [-0.39, 0.29) is 17.5 Å². The summed E-state index contributed by atoms with van der Waals surface area (Å²) in [6, 6.07) is 20.4. The molecular formula is C25H21FN2O3. The number of aromatic nitrogens is 1. The molecule has 4 aromatic rings. The van der Waals surface area contributed by atoms with E-state index in [2.05, 4.69) is 10.3 Å². The minimum absolute atomic E-state index is 0.230. The van der Waals surface area contributed by atoms with Gasteiger partial charge in [-0.05, 0) is 54.8 Å². The van der Waals surface area contributed by atoms with Gasteiger partial charge in [0.2, 0.25) is 5.89 Å². The van der Waals surface area contributed by atoms with Gasteiger partial charge in [-0.2, -0.15) is 0 Å². The molecule has 0 aliphatic carbocycles. The number of nitrogens with zero attached hydrogens (tertiary/aromatic N) is 1. The molecule has 0 atom stereocenters. The summed E-state index contributed by atoms with van der Waals surface area (Å²) in [5.74, 6) is 0.167. The zero-order chi connectivity index (χ0) is 21.6. The average molecular weight is 416 g/mol. The first kappa shape index (κ1) is 20.3. The zero-order valence-electron chi connectivity index (χ0n) is 16.7. The van der Waals surface area contributed by atoms with E-state index in [0.717, 1.165) is 18.4 Å². The molecule has 0 aliphatic heterocycles. The molecule has 6 heteroatoms. The number of rotatable bonds is 7. The first-order valence-corrected chi connectivity index (χ1v) is 9.98. The number of nitrogens with one attached hydrogen (secondary N) is 1. The lowest BCUT2D eigenvalue weighted by Crippen LogP contribution is -2.25. The maximum absolute atomic E-state index is 14.0. The molecule has 1 amide bonds. The van der Waals surface area contributed by atoms with Crippen molar-refractivity contribution in [1.29, 1.82) is 0 Å². The maximum atomic E-state index is 14.0. The van der Waals surface area contributed by atoms with Gasteiger partial charge in [0.05, 0.1) is 17.3 Å². The number of oxazole rings is 1. The normalized spacial score (nSPS) is 10.7. The molecule has 3 aromatic carbocycles. The number of carbonyl (C=O) groups excluding carboxylic acids is 1. The number of aryl methyl sites for hydroxylation is 1. The van der Waals surface area contributed by atoms with Crippen LogP contribution in [0.2, 0.25) is 0 Å². The molecule has 0 fully saturated rings. The minimum Gasteiger partial charge on any atom is -0.508 e. The van der Waals surface area contributed by atoms with Crippen molar-refractivity contribution in [2.45, 2.75) is 12.8 Å².